The maximum atomic E-state index is 12.9. The van der Waals surface area contributed by atoms with Gasteiger partial charge in [0.15, 0.2) is 0 Å². The predicted molar refractivity (Wildman–Crippen MR) is 97.3 cm³/mol. The molecule has 2 aromatic heterocycles. The smallest absolute Gasteiger partial charge is 0.332 e. The van der Waals surface area contributed by atoms with Crippen molar-refractivity contribution < 1.29 is 4.79 Å². The maximum absolute atomic E-state index is 12.9. The zero-order valence-corrected chi connectivity index (χ0v) is 15.1. The SMILES string of the molecule is Cn1c(=O)c2cc(C(=O)N3CCC4(CCNC4)CC3)cnc2n(C)c1=O. The van der Waals surface area contributed by atoms with Gasteiger partial charge < -0.3 is 10.2 Å². The molecule has 1 spiro atoms. The first-order valence-corrected chi connectivity index (χ1v) is 8.98. The number of likely N-dealkylation sites (tertiary alicyclic amines) is 1. The van der Waals surface area contributed by atoms with Crippen molar-refractivity contribution in [3.63, 3.8) is 0 Å². The molecule has 0 aromatic carbocycles. The Balaban J connectivity index is 1.64. The van der Waals surface area contributed by atoms with Crippen LogP contribution in [0.2, 0.25) is 0 Å². The Kier molecular flexibility index (Phi) is 3.95. The molecule has 138 valence electrons. The van der Waals surface area contributed by atoms with Crippen molar-refractivity contribution in [1.29, 1.82) is 0 Å². The molecule has 4 rings (SSSR count). The molecule has 4 heterocycles. The Morgan fingerprint density at radius 3 is 2.54 bits per heavy atom. The van der Waals surface area contributed by atoms with Crippen molar-refractivity contribution >= 4 is 16.9 Å². The molecule has 2 fully saturated rings. The number of piperidine rings is 1. The quantitative estimate of drug-likeness (QED) is 0.767. The number of carbonyl (C=O) groups excluding carboxylic acids is 1. The fourth-order valence-corrected chi connectivity index (χ4v) is 4.17. The van der Waals surface area contributed by atoms with Crippen LogP contribution in [0.5, 0.6) is 0 Å². The number of rotatable bonds is 1. The molecule has 0 unspecified atom stereocenters. The fourth-order valence-electron chi connectivity index (χ4n) is 4.17. The second-order valence-corrected chi connectivity index (χ2v) is 7.52. The lowest BCUT2D eigenvalue weighted by atomic mass is 9.78. The van der Waals surface area contributed by atoms with E-state index in [1.807, 2.05) is 4.90 Å². The molecule has 0 radical (unpaired) electrons. The van der Waals surface area contributed by atoms with Gasteiger partial charge in [-0.05, 0) is 37.3 Å². The molecule has 26 heavy (non-hydrogen) atoms. The van der Waals surface area contributed by atoms with Crippen molar-refractivity contribution in [1.82, 2.24) is 24.3 Å². The number of pyridine rings is 1. The van der Waals surface area contributed by atoms with Crippen molar-refractivity contribution in [3.05, 3.63) is 38.7 Å². The van der Waals surface area contributed by atoms with Crippen LogP contribution in [0.3, 0.4) is 0 Å². The minimum absolute atomic E-state index is 0.101. The van der Waals surface area contributed by atoms with Crippen LogP contribution in [0.15, 0.2) is 21.9 Å². The first kappa shape index (κ1) is 17.0. The van der Waals surface area contributed by atoms with Crippen LogP contribution in [0.25, 0.3) is 11.0 Å². The van der Waals surface area contributed by atoms with E-state index in [2.05, 4.69) is 10.3 Å². The molecule has 0 bridgehead atoms. The average molecular weight is 357 g/mol. The average Bonchev–Trinajstić information content (AvgIpc) is 3.12. The summed E-state index contributed by atoms with van der Waals surface area (Å²) in [6, 6.07) is 1.56. The van der Waals surface area contributed by atoms with Crippen LogP contribution < -0.4 is 16.6 Å². The van der Waals surface area contributed by atoms with E-state index >= 15 is 0 Å². The molecule has 2 saturated heterocycles. The second kappa shape index (κ2) is 6.05. The molecule has 2 aliphatic rings. The highest BCUT2D eigenvalue weighted by Crippen LogP contribution is 2.37. The lowest BCUT2D eigenvalue weighted by molar-refractivity contribution is 0.0607. The van der Waals surface area contributed by atoms with Crippen LogP contribution in [-0.4, -0.2) is 51.1 Å². The number of hydrogen-bond donors (Lipinski definition) is 1. The van der Waals surface area contributed by atoms with Crippen LogP contribution in [0, 0.1) is 5.41 Å². The van der Waals surface area contributed by atoms with Crippen LogP contribution in [0.4, 0.5) is 0 Å². The summed E-state index contributed by atoms with van der Waals surface area (Å²) >= 11 is 0. The van der Waals surface area contributed by atoms with Crippen LogP contribution >= 0.6 is 0 Å². The minimum Gasteiger partial charge on any atom is -0.339 e. The number of hydrogen-bond acceptors (Lipinski definition) is 5. The Labute approximate surface area is 150 Å². The maximum Gasteiger partial charge on any atom is 0.332 e. The lowest BCUT2D eigenvalue weighted by Crippen LogP contribution is -2.44. The van der Waals surface area contributed by atoms with E-state index in [4.69, 9.17) is 0 Å². The van der Waals surface area contributed by atoms with Crippen LogP contribution in [0.1, 0.15) is 29.6 Å². The van der Waals surface area contributed by atoms with Crippen molar-refractivity contribution in [2.75, 3.05) is 26.2 Å². The Morgan fingerprint density at radius 2 is 1.88 bits per heavy atom. The number of fused-ring (bicyclic) bond motifs is 1. The first-order valence-electron chi connectivity index (χ1n) is 8.98. The molecule has 8 nitrogen and oxygen atoms in total. The molecular formula is C18H23N5O3. The highest BCUT2D eigenvalue weighted by atomic mass is 16.2. The van der Waals surface area contributed by atoms with Crippen LogP contribution in [-0.2, 0) is 14.1 Å². The van der Waals surface area contributed by atoms with Gasteiger partial charge in [0.1, 0.15) is 5.65 Å². The first-order chi connectivity index (χ1) is 12.4. The molecular weight excluding hydrogens is 334 g/mol. The summed E-state index contributed by atoms with van der Waals surface area (Å²) in [4.78, 5) is 43.4. The number of aromatic nitrogens is 3. The van der Waals surface area contributed by atoms with E-state index in [1.54, 1.807) is 13.1 Å². The van der Waals surface area contributed by atoms with E-state index in [-0.39, 0.29) is 11.3 Å². The molecule has 8 heteroatoms. The normalized spacial score (nSPS) is 19.4. The van der Waals surface area contributed by atoms with E-state index in [1.165, 1.54) is 24.2 Å². The third-order valence-electron chi connectivity index (χ3n) is 5.98. The van der Waals surface area contributed by atoms with Gasteiger partial charge in [-0.3, -0.25) is 18.7 Å². The van der Waals surface area contributed by atoms with Gasteiger partial charge in [0.05, 0.1) is 10.9 Å². The third-order valence-corrected chi connectivity index (χ3v) is 5.98. The summed E-state index contributed by atoms with van der Waals surface area (Å²) in [6.07, 6.45) is 4.65. The number of nitrogens with zero attached hydrogens (tertiary/aromatic N) is 4. The fraction of sp³-hybridized carbons (Fsp3) is 0.556. The van der Waals surface area contributed by atoms with Crippen molar-refractivity contribution in [3.8, 4) is 0 Å². The van der Waals surface area contributed by atoms with E-state index < -0.39 is 11.2 Å². The molecule has 1 N–H and O–H groups in total. The van der Waals surface area contributed by atoms with Crippen molar-refractivity contribution in [2.24, 2.45) is 19.5 Å². The highest BCUT2D eigenvalue weighted by molar-refractivity contribution is 5.96. The summed E-state index contributed by atoms with van der Waals surface area (Å²) in [5, 5.41) is 3.71. The van der Waals surface area contributed by atoms with Gasteiger partial charge in [-0.1, -0.05) is 0 Å². The third kappa shape index (κ3) is 2.56. The van der Waals surface area contributed by atoms with E-state index in [9.17, 15) is 14.4 Å². The summed E-state index contributed by atoms with van der Waals surface area (Å²) in [6.45, 7) is 3.55. The van der Waals surface area contributed by atoms with Gasteiger partial charge in [0, 0.05) is 39.9 Å². The van der Waals surface area contributed by atoms with Crippen molar-refractivity contribution in [2.45, 2.75) is 19.3 Å². The highest BCUT2D eigenvalue weighted by Gasteiger charge is 2.38. The number of nitrogens with one attached hydrogen (secondary N) is 1. The number of carbonyl (C=O) groups is 1. The molecule has 0 saturated carbocycles. The Bertz CT molecular complexity index is 990. The predicted octanol–water partition coefficient (Wildman–Crippen LogP) is -0.152. The number of aryl methyl sites for hydroxylation is 1. The van der Waals surface area contributed by atoms with Gasteiger partial charge in [-0.2, -0.15) is 0 Å². The van der Waals surface area contributed by atoms with Gasteiger partial charge in [-0.25, -0.2) is 9.78 Å². The topological polar surface area (TPSA) is 89.2 Å². The Morgan fingerprint density at radius 1 is 1.15 bits per heavy atom. The monoisotopic (exact) mass is 357 g/mol. The number of amides is 1. The molecule has 0 aliphatic carbocycles. The largest absolute Gasteiger partial charge is 0.339 e. The summed E-state index contributed by atoms with van der Waals surface area (Å²) in [5.41, 5.74) is 0.172. The Hall–Kier alpha value is -2.48. The minimum atomic E-state index is -0.431. The standard InChI is InChI=1S/C18H23N5O3/c1-21-14-13(16(25)22(2)17(21)26)9-12(10-20-14)15(24)23-7-4-18(5-8-23)3-6-19-11-18/h9-10,19H,3-8,11H2,1-2H3. The lowest BCUT2D eigenvalue weighted by Gasteiger charge is -2.38. The molecule has 2 aliphatic heterocycles. The zero-order chi connectivity index (χ0) is 18.5. The summed E-state index contributed by atoms with van der Waals surface area (Å²) < 4.78 is 2.36. The molecule has 0 atom stereocenters. The van der Waals surface area contributed by atoms with Gasteiger partial charge in [0.25, 0.3) is 11.5 Å². The molecule has 2 aromatic rings. The van der Waals surface area contributed by atoms with Gasteiger partial charge in [-0.15, -0.1) is 0 Å². The second-order valence-electron chi connectivity index (χ2n) is 7.52. The van der Waals surface area contributed by atoms with E-state index in [0.29, 0.717) is 16.6 Å². The summed E-state index contributed by atoms with van der Waals surface area (Å²) in [7, 11) is 3.00. The summed E-state index contributed by atoms with van der Waals surface area (Å²) in [5.74, 6) is -0.101. The van der Waals surface area contributed by atoms with E-state index in [0.717, 1.165) is 43.6 Å². The van der Waals surface area contributed by atoms with Gasteiger partial charge in [0.2, 0.25) is 0 Å². The molecule has 1 amide bonds. The zero-order valence-electron chi connectivity index (χ0n) is 15.1. The van der Waals surface area contributed by atoms with Gasteiger partial charge >= 0.3 is 5.69 Å².